The third-order valence-electron chi connectivity index (χ3n) is 6.62. The van der Waals surface area contributed by atoms with Gasteiger partial charge in [-0.1, -0.05) is 148 Å². The van der Waals surface area contributed by atoms with E-state index >= 15 is 0 Å². The van der Waals surface area contributed by atoms with E-state index in [9.17, 15) is 4.55 Å². The Balaban J connectivity index is 0. The van der Waals surface area contributed by atoms with Gasteiger partial charge in [0.2, 0.25) is 0 Å². The standard InChI is InChI=1S/C29H60O4S.Na/c1-2-3-4-5-6-7-8-9-10-11-12-13-14-15-16-17-18-19-20-21-22-23-24-25-31-26-27-32-28-29-33-34-30;/h30H,2-29H2,1H3;/q;+1/p-1. The van der Waals surface area contributed by atoms with Crippen molar-refractivity contribution in [1.29, 1.82) is 0 Å². The zero-order chi connectivity index (χ0) is 24.6. The molecule has 0 heterocycles. The summed E-state index contributed by atoms with van der Waals surface area (Å²) in [4.78, 5) is 0. The van der Waals surface area contributed by atoms with E-state index in [-0.39, 0.29) is 41.9 Å². The molecule has 0 atom stereocenters. The third kappa shape index (κ3) is 37.4. The summed E-state index contributed by atoms with van der Waals surface area (Å²) in [5.74, 6) is 0. The van der Waals surface area contributed by atoms with Gasteiger partial charge in [-0.2, -0.15) is 0 Å². The van der Waals surface area contributed by atoms with E-state index in [0.717, 1.165) is 13.0 Å². The molecule has 6 heteroatoms. The van der Waals surface area contributed by atoms with Gasteiger partial charge in [-0.15, -0.1) is 12.3 Å². The zero-order valence-electron chi connectivity index (χ0n) is 23.8. The van der Waals surface area contributed by atoms with Crippen molar-refractivity contribution in [3.05, 3.63) is 0 Å². The van der Waals surface area contributed by atoms with Crippen LogP contribution in [-0.4, -0.2) is 37.6 Å². The van der Waals surface area contributed by atoms with Gasteiger partial charge in [0.05, 0.1) is 26.4 Å². The fraction of sp³-hybridized carbons (Fsp3) is 1.00. The number of ether oxygens (including phenoxy) is 2. The van der Waals surface area contributed by atoms with E-state index in [4.69, 9.17) is 9.47 Å². The average molecular weight is 527 g/mol. The Hall–Kier alpha value is 1.19. The summed E-state index contributed by atoms with van der Waals surface area (Å²) in [6, 6.07) is 0. The van der Waals surface area contributed by atoms with Crippen LogP contribution in [0, 0.1) is 0 Å². The average Bonchev–Trinajstić information content (AvgIpc) is 2.85. The molecule has 0 unspecified atom stereocenters. The summed E-state index contributed by atoms with van der Waals surface area (Å²) in [7, 11) is 0. The van der Waals surface area contributed by atoms with Crippen LogP contribution in [0.3, 0.4) is 0 Å². The second kappa shape index (κ2) is 37.3. The number of unbranched alkanes of at least 4 members (excludes halogenated alkanes) is 22. The van der Waals surface area contributed by atoms with Gasteiger partial charge in [0.25, 0.3) is 0 Å². The second-order valence-corrected chi connectivity index (χ2v) is 10.3. The van der Waals surface area contributed by atoms with Gasteiger partial charge in [0.1, 0.15) is 0 Å². The summed E-state index contributed by atoms with van der Waals surface area (Å²) in [5.41, 5.74) is 0. The molecule has 0 aromatic rings. The first kappa shape index (κ1) is 38.3. The van der Waals surface area contributed by atoms with Crippen molar-refractivity contribution in [3.63, 3.8) is 0 Å². The van der Waals surface area contributed by atoms with E-state index in [2.05, 4.69) is 11.1 Å². The Morgan fingerprint density at radius 3 is 1.03 bits per heavy atom. The monoisotopic (exact) mass is 526 g/mol. The molecule has 0 aliphatic rings. The first-order valence-corrected chi connectivity index (χ1v) is 15.7. The molecule has 206 valence electrons. The van der Waals surface area contributed by atoms with Crippen molar-refractivity contribution in [2.75, 3.05) is 33.0 Å². The maximum Gasteiger partial charge on any atom is 1.00 e. The van der Waals surface area contributed by atoms with Gasteiger partial charge in [0, 0.05) is 6.61 Å². The molecule has 0 bridgehead atoms. The van der Waals surface area contributed by atoms with Crippen molar-refractivity contribution in [1.82, 2.24) is 0 Å². The van der Waals surface area contributed by atoms with Crippen LogP contribution in [0.25, 0.3) is 0 Å². The summed E-state index contributed by atoms with van der Waals surface area (Å²) in [6.45, 7) is 5.13. The molecule has 0 fully saturated rings. The molecule has 35 heavy (non-hydrogen) atoms. The van der Waals surface area contributed by atoms with Gasteiger partial charge >= 0.3 is 29.6 Å². The summed E-state index contributed by atoms with van der Waals surface area (Å²) >= 11 is 0.135. The van der Waals surface area contributed by atoms with Gasteiger partial charge in [-0.05, 0) is 6.42 Å². The zero-order valence-corrected chi connectivity index (χ0v) is 26.7. The smallest absolute Gasteiger partial charge is 0.776 e. The Morgan fingerprint density at radius 1 is 0.400 bits per heavy atom. The quantitative estimate of drug-likeness (QED) is 0.0564. The first-order chi connectivity index (χ1) is 16.9. The maximum atomic E-state index is 10.0. The van der Waals surface area contributed by atoms with Crippen molar-refractivity contribution < 1.29 is 47.8 Å². The fourth-order valence-electron chi connectivity index (χ4n) is 4.44. The fourth-order valence-corrected chi connectivity index (χ4v) is 4.57. The molecule has 0 saturated carbocycles. The number of hydrogen-bond donors (Lipinski definition) is 0. The molecule has 0 aliphatic heterocycles. The molecule has 0 amide bonds. The van der Waals surface area contributed by atoms with Crippen molar-refractivity contribution in [2.45, 2.75) is 155 Å². The van der Waals surface area contributed by atoms with Crippen LogP contribution >= 0.6 is 12.3 Å². The molecule has 0 rings (SSSR count). The summed E-state index contributed by atoms with van der Waals surface area (Å²) in [5, 5.41) is 0. The minimum Gasteiger partial charge on any atom is -0.776 e. The molecule has 0 N–H and O–H groups in total. The largest absolute Gasteiger partial charge is 1.00 e. The molecule has 0 aliphatic carbocycles. The topological polar surface area (TPSA) is 50.8 Å². The molecule has 0 saturated heterocycles. The van der Waals surface area contributed by atoms with Crippen LogP contribution in [0.1, 0.15) is 155 Å². The van der Waals surface area contributed by atoms with Crippen molar-refractivity contribution in [3.8, 4) is 0 Å². The molecular weight excluding hydrogens is 467 g/mol. The molecule has 0 aromatic heterocycles. The first-order valence-electron chi connectivity index (χ1n) is 15.0. The minimum atomic E-state index is 0. The molecular formula is C29H59NaO4S. The summed E-state index contributed by atoms with van der Waals surface area (Å²) in [6.07, 6.45) is 32.6. The summed E-state index contributed by atoms with van der Waals surface area (Å²) < 4.78 is 25.4. The van der Waals surface area contributed by atoms with E-state index in [1.165, 1.54) is 141 Å². The van der Waals surface area contributed by atoms with Gasteiger partial charge in [0.15, 0.2) is 0 Å². The van der Waals surface area contributed by atoms with Crippen molar-refractivity contribution in [2.24, 2.45) is 0 Å². The van der Waals surface area contributed by atoms with Crippen LogP contribution < -0.4 is 29.6 Å². The predicted octanol–water partition coefficient (Wildman–Crippen LogP) is 6.81. The predicted molar refractivity (Wildman–Crippen MR) is 148 cm³/mol. The Kier molecular flexibility index (Phi) is 40.9. The minimum absolute atomic E-state index is 0. The second-order valence-electron chi connectivity index (χ2n) is 9.89. The SMILES string of the molecule is CCCCCCCCCCCCCCCCCCCCCCCCCOCCOCCOS[O-].[Na+]. The van der Waals surface area contributed by atoms with Gasteiger partial charge in [-0.25, -0.2) is 0 Å². The third-order valence-corrected chi connectivity index (χ3v) is 6.89. The number of rotatable bonds is 31. The van der Waals surface area contributed by atoms with Gasteiger partial charge < -0.3 is 18.2 Å². The molecule has 0 spiro atoms. The van der Waals surface area contributed by atoms with E-state index in [1.54, 1.807) is 0 Å². The Labute approximate surface area is 246 Å². The Morgan fingerprint density at radius 2 is 0.686 bits per heavy atom. The molecule has 4 nitrogen and oxygen atoms in total. The van der Waals surface area contributed by atoms with Crippen LogP contribution in [-0.2, 0) is 13.7 Å². The van der Waals surface area contributed by atoms with Crippen LogP contribution in [0.15, 0.2) is 0 Å². The van der Waals surface area contributed by atoms with Crippen LogP contribution in [0.2, 0.25) is 0 Å². The molecule has 0 radical (unpaired) electrons. The van der Waals surface area contributed by atoms with E-state index < -0.39 is 0 Å². The van der Waals surface area contributed by atoms with Crippen LogP contribution in [0.4, 0.5) is 0 Å². The molecule has 0 aromatic carbocycles. The number of hydrogen-bond acceptors (Lipinski definition) is 5. The Bertz CT molecular complexity index is 319. The van der Waals surface area contributed by atoms with Crippen LogP contribution in [0.5, 0.6) is 0 Å². The van der Waals surface area contributed by atoms with E-state index in [0.29, 0.717) is 26.4 Å². The normalized spacial score (nSPS) is 11.1. The maximum absolute atomic E-state index is 10.0. The van der Waals surface area contributed by atoms with Gasteiger partial charge in [-0.3, -0.25) is 0 Å². The van der Waals surface area contributed by atoms with E-state index in [1.807, 2.05) is 0 Å². The van der Waals surface area contributed by atoms with Crippen molar-refractivity contribution >= 4 is 12.3 Å².